The molecule has 1 aromatic carbocycles. The highest BCUT2D eigenvalue weighted by molar-refractivity contribution is 7.85. The Hall–Kier alpha value is -0.910. The van der Waals surface area contributed by atoms with Gasteiger partial charge in [-0.05, 0) is 32.8 Å². The van der Waals surface area contributed by atoms with Crippen LogP contribution in [-0.2, 0) is 16.5 Å². The highest BCUT2D eigenvalue weighted by Crippen LogP contribution is 2.24. The molecule has 0 bridgehead atoms. The lowest BCUT2D eigenvalue weighted by atomic mass is 10.0. The van der Waals surface area contributed by atoms with Gasteiger partial charge in [0.1, 0.15) is 15.0 Å². The molecule has 0 aliphatic carbocycles. The van der Waals surface area contributed by atoms with E-state index in [1.807, 2.05) is 19.9 Å². The molecular formula is C26H47NO3S. The lowest BCUT2D eigenvalue weighted by molar-refractivity contribution is -0.830. The predicted molar refractivity (Wildman–Crippen MR) is 130 cm³/mol. The highest BCUT2D eigenvalue weighted by atomic mass is 32.2. The van der Waals surface area contributed by atoms with Crippen LogP contribution in [0.3, 0.4) is 0 Å². The van der Waals surface area contributed by atoms with Crippen molar-refractivity contribution in [3.05, 3.63) is 23.8 Å². The topological polar surface area (TPSA) is 61.6 Å². The fourth-order valence-corrected chi connectivity index (χ4v) is 5.28. The third-order valence-electron chi connectivity index (χ3n) is 6.39. The molecule has 0 saturated heterocycles. The van der Waals surface area contributed by atoms with Crippen LogP contribution in [0.25, 0.3) is 0 Å². The van der Waals surface area contributed by atoms with Crippen molar-refractivity contribution in [1.82, 2.24) is 0 Å². The Morgan fingerprint density at radius 2 is 1.16 bits per heavy atom. The summed E-state index contributed by atoms with van der Waals surface area (Å²) in [6.07, 6.45) is 19.4. The fourth-order valence-electron chi connectivity index (χ4n) is 4.51. The van der Waals surface area contributed by atoms with E-state index in [4.69, 9.17) is 0 Å². The van der Waals surface area contributed by atoms with Gasteiger partial charge < -0.3 is 9.45 Å². The molecule has 0 amide bonds. The fraction of sp³-hybridized carbons (Fsp3) is 0.769. The zero-order chi connectivity index (χ0) is 23.0. The molecule has 0 unspecified atom stereocenters. The van der Waals surface area contributed by atoms with Gasteiger partial charge in [0.05, 0.1) is 13.1 Å². The van der Waals surface area contributed by atoms with E-state index in [1.165, 1.54) is 89.5 Å². The summed E-state index contributed by atoms with van der Waals surface area (Å²) in [5.74, 6) is 0. The number of nitrogens with one attached hydrogen (secondary N) is 1. The van der Waals surface area contributed by atoms with Crippen molar-refractivity contribution in [3.8, 4) is 0 Å². The van der Waals surface area contributed by atoms with Crippen molar-refractivity contribution in [3.63, 3.8) is 0 Å². The van der Waals surface area contributed by atoms with Gasteiger partial charge in [0, 0.05) is 5.56 Å². The quantitative estimate of drug-likeness (QED) is 0.201. The Kier molecular flexibility index (Phi) is 15.1. The lowest BCUT2D eigenvalue weighted by Crippen LogP contribution is -3.07. The van der Waals surface area contributed by atoms with Crippen molar-refractivity contribution in [1.29, 1.82) is 0 Å². The van der Waals surface area contributed by atoms with Gasteiger partial charge in [-0.2, -0.15) is 0 Å². The molecule has 180 valence electrons. The molecule has 0 spiro atoms. The average Bonchev–Trinajstić information content (AvgIpc) is 2.74. The van der Waals surface area contributed by atoms with Gasteiger partial charge in [0.25, 0.3) is 0 Å². The monoisotopic (exact) mass is 453 g/mol. The third-order valence-corrected chi connectivity index (χ3v) is 7.27. The summed E-state index contributed by atoms with van der Waals surface area (Å²) in [6.45, 7) is 7.87. The summed E-state index contributed by atoms with van der Waals surface area (Å²) in [5, 5.41) is 0. The average molecular weight is 454 g/mol. The Labute approximate surface area is 192 Å². The Balaban J connectivity index is 2.29. The molecule has 1 aromatic rings. The Morgan fingerprint density at radius 1 is 0.710 bits per heavy atom. The second-order valence-electron chi connectivity index (χ2n) is 8.90. The predicted octanol–water partition coefficient (Wildman–Crippen LogP) is 6.17. The Morgan fingerprint density at radius 3 is 1.58 bits per heavy atom. The zero-order valence-electron chi connectivity index (χ0n) is 20.4. The maximum absolute atomic E-state index is 11.8. The van der Waals surface area contributed by atoms with Crippen LogP contribution in [0.15, 0.2) is 23.1 Å². The molecule has 0 aliphatic heterocycles. The summed E-state index contributed by atoms with van der Waals surface area (Å²) in [5.41, 5.74) is 1.73. The van der Waals surface area contributed by atoms with E-state index >= 15 is 0 Å². The molecule has 0 saturated carbocycles. The minimum Gasteiger partial charge on any atom is -0.744 e. The van der Waals surface area contributed by atoms with Crippen LogP contribution in [0.2, 0.25) is 0 Å². The van der Waals surface area contributed by atoms with E-state index in [2.05, 4.69) is 6.92 Å². The number of unbranched alkanes of at least 4 members (excludes halogenated alkanes) is 13. The number of benzene rings is 1. The van der Waals surface area contributed by atoms with Crippen LogP contribution in [0.1, 0.15) is 116 Å². The minimum atomic E-state index is -4.45. The number of rotatable bonds is 19. The van der Waals surface area contributed by atoms with Gasteiger partial charge >= 0.3 is 0 Å². The van der Waals surface area contributed by atoms with E-state index in [1.54, 1.807) is 6.07 Å². The first-order valence-corrected chi connectivity index (χ1v) is 14.3. The first-order valence-electron chi connectivity index (χ1n) is 12.9. The van der Waals surface area contributed by atoms with Gasteiger partial charge in [-0.3, -0.25) is 0 Å². The van der Waals surface area contributed by atoms with E-state index in [9.17, 15) is 13.0 Å². The maximum atomic E-state index is 11.8. The molecule has 1 rings (SSSR count). The number of aryl methyl sites for hydroxylation is 1. The number of hydrogen-bond acceptors (Lipinski definition) is 3. The molecule has 4 nitrogen and oxygen atoms in total. The van der Waals surface area contributed by atoms with Gasteiger partial charge in [-0.1, -0.05) is 103 Å². The summed E-state index contributed by atoms with van der Waals surface area (Å²) in [4.78, 5) is 1.03. The molecule has 0 fully saturated rings. The van der Waals surface area contributed by atoms with Gasteiger partial charge in [-0.15, -0.1) is 0 Å². The summed E-state index contributed by atoms with van der Waals surface area (Å²) in [6, 6.07) is 5.19. The van der Waals surface area contributed by atoms with Crippen molar-refractivity contribution >= 4 is 15.8 Å². The molecular weight excluding hydrogens is 406 g/mol. The molecule has 31 heavy (non-hydrogen) atoms. The van der Waals surface area contributed by atoms with Crippen molar-refractivity contribution in [2.75, 3.05) is 13.1 Å². The lowest BCUT2D eigenvalue weighted by Gasteiger charge is -2.22. The van der Waals surface area contributed by atoms with Gasteiger partial charge in [0.2, 0.25) is 0 Å². The summed E-state index contributed by atoms with van der Waals surface area (Å²) < 4.78 is 35.3. The minimum absolute atomic E-state index is 0.0333. The van der Waals surface area contributed by atoms with E-state index in [0.717, 1.165) is 36.4 Å². The Bertz CT molecular complexity index is 684. The molecule has 1 N–H and O–H groups in total. The molecule has 5 heteroatoms. The van der Waals surface area contributed by atoms with Crippen LogP contribution in [0.4, 0.5) is 5.69 Å². The smallest absolute Gasteiger partial charge is 0.152 e. The van der Waals surface area contributed by atoms with E-state index in [-0.39, 0.29) is 4.90 Å². The normalized spacial score (nSPS) is 12.0. The van der Waals surface area contributed by atoms with E-state index in [0.29, 0.717) is 5.69 Å². The standard InChI is InChI=1S/C26H47NO3S/c1-4-7-8-9-10-11-12-13-14-15-16-17-18-19-21-24-22-20-23-25(31(28,29)30)26(24)27(5-2)6-3/h20,22-23H,4-19,21H2,1-3H3,(H,28,29,30). The first kappa shape index (κ1) is 28.1. The summed E-state index contributed by atoms with van der Waals surface area (Å²) >= 11 is 0. The van der Waals surface area contributed by atoms with Crippen LogP contribution in [0.5, 0.6) is 0 Å². The van der Waals surface area contributed by atoms with Crippen molar-refractivity contribution in [2.24, 2.45) is 0 Å². The van der Waals surface area contributed by atoms with Crippen LogP contribution >= 0.6 is 0 Å². The molecule has 0 heterocycles. The second-order valence-corrected chi connectivity index (χ2v) is 10.2. The van der Waals surface area contributed by atoms with Crippen molar-refractivity contribution < 1.29 is 17.9 Å². The van der Waals surface area contributed by atoms with Gasteiger partial charge in [-0.25, -0.2) is 8.42 Å². The van der Waals surface area contributed by atoms with Crippen LogP contribution in [-0.4, -0.2) is 26.1 Å². The number of para-hydroxylation sites is 1. The van der Waals surface area contributed by atoms with Crippen LogP contribution < -0.4 is 4.90 Å². The SMILES string of the molecule is CCCCCCCCCCCCCCCCc1cccc(S(=O)(=O)[O-])c1[NH+](CC)CC. The first-order chi connectivity index (χ1) is 15.0. The molecule has 0 atom stereocenters. The van der Waals surface area contributed by atoms with Crippen molar-refractivity contribution in [2.45, 2.75) is 122 Å². The molecule has 0 aliphatic rings. The van der Waals surface area contributed by atoms with E-state index < -0.39 is 10.1 Å². The zero-order valence-corrected chi connectivity index (χ0v) is 21.2. The molecule has 0 aromatic heterocycles. The number of hydrogen-bond donors (Lipinski definition) is 1. The number of quaternary nitrogens is 1. The van der Waals surface area contributed by atoms with Crippen LogP contribution in [0, 0.1) is 0 Å². The van der Waals surface area contributed by atoms with Gasteiger partial charge in [0.15, 0.2) is 5.69 Å². The molecule has 0 radical (unpaired) electrons. The third kappa shape index (κ3) is 11.5. The largest absolute Gasteiger partial charge is 0.744 e. The second kappa shape index (κ2) is 16.7. The highest BCUT2D eigenvalue weighted by Gasteiger charge is 2.21. The maximum Gasteiger partial charge on any atom is 0.152 e. The summed E-state index contributed by atoms with van der Waals surface area (Å²) in [7, 11) is -4.45.